The Balaban J connectivity index is 1.70. The summed E-state index contributed by atoms with van der Waals surface area (Å²) in [5, 5.41) is 1.26. The van der Waals surface area contributed by atoms with E-state index in [9.17, 15) is 8.42 Å². The fourth-order valence-electron chi connectivity index (χ4n) is 3.68. The van der Waals surface area contributed by atoms with Crippen LogP contribution in [0.3, 0.4) is 0 Å². The summed E-state index contributed by atoms with van der Waals surface area (Å²) < 4.78 is 25.6. The van der Waals surface area contributed by atoms with Gasteiger partial charge in [-0.1, -0.05) is 45.7 Å². The van der Waals surface area contributed by atoms with E-state index in [0.29, 0.717) is 16.7 Å². The molecular formula is C18H16BrClN2O2S2. The van der Waals surface area contributed by atoms with Crippen LogP contribution in [-0.2, 0) is 16.4 Å². The highest BCUT2D eigenvalue weighted by molar-refractivity contribution is 9.10. The topological polar surface area (TPSA) is 40.6 Å². The molecule has 2 unspecified atom stereocenters. The molecule has 4 rings (SSSR count). The first-order valence-electron chi connectivity index (χ1n) is 8.14. The van der Waals surface area contributed by atoms with Gasteiger partial charge in [0.05, 0.1) is 23.6 Å². The summed E-state index contributed by atoms with van der Waals surface area (Å²) >= 11 is 15.3. The average molecular weight is 472 g/mol. The predicted octanol–water partition coefficient (Wildman–Crippen LogP) is 3.88. The zero-order valence-electron chi connectivity index (χ0n) is 13.7. The van der Waals surface area contributed by atoms with E-state index in [2.05, 4.69) is 15.9 Å². The second kappa shape index (κ2) is 6.78. The molecule has 0 bridgehead atoms. The lowest BCUT2D eigenvalue weighted by Gasteiger charge is -2.26. The minimum Gasteiger partial charge on any atom is -0.338 e. The first-order chi connectivity index (χ1) is 12.3. The van der Waals surface area contributed by atoms with Crippen molar-refractivity contribution in [3.63, 3.8) is 0 Å². The van der Waals surface area contributed by atoms with Crippen molar-refractivity contribution in [1.29, 1.82) is 0 Å². The Bertz CT molecular complexity index is 965. The highest BCUT2D eigenvalue weighted by Gasteiger charge is 2.51. The van der Waals surface area contributed by atoms with E-state index in [4.69, 9.17) is 23.8 Å². The molecule has 2 saturated heterocycles. The number of rotatable bonds is 3. The monoisotopic (exact) mass is 470 g/mol. The van der Waals surface area contributed by atoms with Gasteiger partial charge in [0.2, 0.25) is 0 Å². The van der Waals surface area contributed by atoms with Crippen LogP contribution in [0.25, 0.3) is 0 Å². The molecule has 2 fully saturated rings. The maximum atomic E-state index is 12.3. The molecule has 8 heteroatoms. The fraction of sp³-hybridized carbons (Fsp3) is 0.278. The zero-order valence-corrected chi connectivity index (χ0v) is 17.7. The first-order valence-corrected chi connectivity index (χ1v) is 11.5. The van der Waals surface area contributed by atoms with Gasteiger partial charge in [0.15, 0.2) is 14.9 Å². The van der Waals surface area contributed by atoms with E-state index in [1.165, 1.54) is 0 Å². The summed E-state index contributed by atoms with van der Waals surface area (Å²) in [6, 6.07) is 15.1. The van der Waals surface area contributed by atoms with Crippen LogP contribution < -0.4 is 4.90 Å². The third-order valence-corrected chi connectivity index (χ3v) is 7.72. The van der Waals surface area contributed by atoms with Crippen LogP contribution in [0.5, 0.6) is 0 Å². The van der Waals surface area contributed by atoms with Crippen molar-refractivity contribution >= 4 is 60.4 Å². The van der Waals surface area contributed by atoms with Crippen molar-refractivity contribution in [2.45, 2.75) is 18.6 Å². The molecule has 2 aromatic rings. The molecule has 2 aromatic carbocycles. The molecule has 2 heterocycles. The Morgan fingerprint density at radius 1 is 1.12 bits per heavy atom. The Hall–Kier alpha value is -1.15. The molecule has 26 heavy (non-hydrogen) atoms. The van der Waals surface area contributed by atoms with Crippen LogP contribution >= 0.6 is 39.7 Å². The summed E-state index contributed by atoms with van der Waals surface area (Å²) in [7, 11) is -3.10. The van der Waals surface area contributed by atoms with E-state index in [1.807, 2.05) is 52.3 Å². The molecule has 0 aliphatic carbocycles. The summed E-state index contributed by atoms with van der Waals surface area (Å²) in [4.78, 5) is 3.99. The van der Waals surface area contributed by atoms with Crippen LogP contribution in [0.4, 0.5) is 5.69 Å². The molecule has 2 aliphatic rings. The highest BCUT2D eigenvalue weighted by atomic mass is 79.9. The number of fused-ring (bicyclic) bond motifs is 1. The molecular weight excluding hydrogens is 456 g/mol. The minimum atomic E-state index is -3.10. The summed E-state index contributed by atoms with van der Waals surface area (Å²) in [5.41, 5.74) is 1.93. The SMILES string of the molecule is O=S1(=O)CC2C(C1)N(c1cccc(Cl)c1)C(=S)N2Cc1ccc(Br)cc1. The molecule has 0 N–H and O–H groups in total. The van der Waals surface area contributed by atoms with Crippen molar-refractivity contribution < 1.29 is 8.42 Å². The van der Waals surface area contributed by atoms with Gasteiger partial charge in [-0.25, -0.2) is 8.42 Å². The third kappa shape index (κ3) is 3.38. The van der Waals surface area contributed by atoms with Gasteiger partial charge in [0.25, 0.3) is 0 Å². The number of sulfone groups is 1. The van der Waals surface area contributed by atoms with Gasteiger partial charge in [0.1, 0.15) is 0 Å². The highest BCUT2D eigenvalue weighted by Crippen LogP contribution is 2.36. The van der Waals surface area contributed by atoms with Crippen molar-refractivity contribution in [2.75, 3.05) is 16.4 Å². The first kappa shape index (κ1) is 18.2. The third-order valence-electron chi connectivity index (χ3n) is 4.83. The van der Waals surface area contributed by atoms with E-state index in [-0.39, 0.29) is 23.6 Å². The maximum absolute atomic E-state index is 12.3. The second-order valence-corrected chi connectivity index (χ2v) is 10.5. The standard InChI is InChI=1S/C18H16BrClN2O2S2/c19-13-6-4-12(5-7-13)9-21-16-10-26(23,24)11-17(16)22(18(21)25)15-3-1-2-14(20)8-15/h1-8,16-17H,9-11H2. The Morgan fingerprint density at radius 2 is 1.81 bits per heavy atom. The van der Waals surface area contributed by atoms with Crippen LogP contribution in [0, 0.1) is 0 Å². The number of anilines is 1. The molecule has 0 saturated carbocycles. The molecule has 2 aliphatic heterocycles. The normalized spacial score (nSPS) is 24.2. The van der Waals surface area contributed by atoms with Crippen LogP contribution in [0.2, 0.25) is 5.02 Å². The zero-order chi connectivity index (χ0) is 18.5. The minimum absolute atomic E-state index is 0.112. The summed E-state index contributed by atoms with van der Waals surface area (Å²) in [5.74, 6) is 0.243. The molecule has 0 amide bonds. The van der Waals surface area contributed by atoms with Crippen molar-refractivity contribution in [3.8, 4) is 0 Å². The van der Waals surface area contributed by atoms with Crippen molar-refractivity contribution in [2.24, 2.45) is 0 Å². The fourth-order valence-corrected chi connectivity index (χ4v) is 6.52. The van der Waals surface area contributed by atoms with Gasteiger partial charge >= 0.3 is 0 Å². The van der Waals surface area contributed by atoms with Crippen molar-refractivity contribution in [3.05, 3.63) is 63.6 Å². The number of hydrogen-bond acceptors (Lipinski definition) is 3. The van der Waals surface area contributed by atoms with Crippen LogP contribution in [0.15, 0.2) is 53.0 Å². The molecule has 4 nitrogen and oxygen atoms in total. The summed E-state index contributed by atoms with van der Waals surface area (Å²) in [6.07, 6.45) is 0. The lowest BCUT2D eigenvalue weighted by Crippen LogP contribution is -2.37. The summed E-state index contributed by atoms with van der Waals surface area (Å²) in [6.45, 7) is 0.583. The quantitative estimate of drug-likeness (QED) is 0.636. The Labute approximate surface area is 171 Å². The van der Waals surface area contributed by atoms with Gasteiger partial charge in [-0.15, -0.1) is 0 Å². The van der Waals surface area contributed by atoms with Gasteiger partial charge in [-0.2, -0.15) is 0 Å². The van der Waals surface area contributed by atoms with E-state index >= 15 is 0 Å². The van der Waals surface area contributed by atoms with Gasteiger partial charge in [0, 0.05) is 21.7 Å². The lowest BCUT2D eigenvalue weighted by atomic mass is 10.1. The largest absolute Gasteiger partial charge is 0.338 e. The number of thiocarbonyl (C=S) groups is 1. The maximum Gasteiger partial charge on any atom is 0.177 e. The van der Waals surface area contributed by atoms with E-state index in [1.54, 1.807) is 6.07 Å². The van der Waals surface area contributed by atoms with Crippen molar-refractivity contribution in [1.82, 2.24) is 4.90 Å². The van der Waals surface area contributed by atoms with Crippen LogP contribution in [-0.4, -0.2) is 42.0 Å². The number of halogens is 2. The van der Waals surface area contributed by atoms with Gasteiger partial charge in [-0.3, -0.25) is 0 Å². The number of nitrogens with zero attached hydrogens (tertiary/aromatic N) is 2. The molecule has 2 atom stereocenters. The van der Waals surface area contributed by atoms with E-state index in [0.717, 1.165) is 15.7 Å². The van der Waals surface area contributed by atoms with Gasteiger partial charge < -0.3 is 9.80 Å². The van der Waals surface area contributed by atoms with E-state index < -0.39 is 9.84 Å². The molecule has 0 spiro atoms. The van der Waals surface area contributed by atoms with Crippen LogP contribution in [0.1, 0.15) is 5.56 Å². The second-order valence-electron chi connectivity index (χ2n) is 6.60. The predicted molar refractivity (Wildman–Crippen MR) is 112 cm³/mol. The van der Waals surface area contributed by atoms with Gasteiger partial charge in [-0.05, 0) is 48.1 Å². The number of hydrogen-bond donors (Lipinski definition) is 0. The smallest absolute Gasteiger partial charge is 0.177 e. The Morgan fingerprint density at radius 3 is 2.50 bits per heavy atom. The average Bonchev–Trinajstić information content (AvgIpc) is 3.00. The molecule has 0 radical (unpaired) electrons. The lowest BCUT2D eigenvalue weighted by molar-refractivity contribution is 0.351. The molecule has 136 valence electrons. The Kier molecular flexibility index (Phi) is 4.75. The molecule has 0 aromatic heterocycles. The number of benzene rings is 2.